The number of thiophene rings is 1. The Morgan fingerprint density at radius 3 is 2.73 bits per heavy atom. The van der Waals surface area contributed by atoms with Crippen LogP contribution in [0.15, 0.2) is 54.0 Å². The topological polar surface area (TPSA) is 51.3 Å². The molecule has 0 fully saturated rings. The summed E-state index contributed by atoms with van der Waals surface area (Å²) in [6, 6.07) is 13.3. The summed E-state index contributed by atoms with van der Waals surface area (Å²) in [6.45, 7) is 1.40. The molecular weight excluding hydrogens is 294 g/mol. The van der Waals surface area contributed by atoms with Crippen molar-refractivity contribution >= 4 is 27.9 Å². The molecule has 0 spiro atoms. The van der Waals surface area contributed by atoms with E-state index in [0.29, 0.717) is 17.8 Å². The van der Waals surface area contributed by atoms with E-state index >= 15 is 0 Å². The summed E-state index contributed by atoms with van der Waals surface area (Å²) in [7, 11) is 0. The van der Waals surface area contributed by atoms with Crippen LogP contribution in [0.4, 0.5) is 10.7 Å². The number of fused-ring (bicyclic) bond motifs is 2. The molecule has 1 aromatic carbocycles. The van der Waals surface area contributed by atoms with Gasteiger partial charge in [0.05, 0.1) is 13.1 Å². The van der Waals surface area contributed by atoms with Gasteiger partial charge in [-0.2, -0.15) is 0 Å². The van der Waals surface area contributed by atoms with E-state index in [-0.39, 0.29) is 5.91 Å². The van der Waals surface area contributed by atoms with Crippen molar-refractivity contribution in [3.63, 3.8) is 0 Å². The quantitative estimate of drug-likeness (QED) is 0.701. The molecule has 0 saturated carbocycles. The van der Waals surface area contributed by atoms with Gasteiger partial charge in [0.15, 0.2) is 0 Å². The minimum atomic E-state index is 0.0124. The van der Waals surface area contributed by atoms with Gasteiger partial charge in [0.25, 0.3) is 5.91 Å². The maximum atomic E-state index is 12.9. The van der Waals surface area contributed by atoms with Crippen LogP contribution in [0.1, 0.15) is 21.6 Å². The fraction of sp³-hybridized carbons (Fsp3) is 0.118. The summed E-state index contributed by atoms with van der Waals surface area (Å²) in [5.41, 5.74) is 9.37. The van der Waals surface area contributed by atoms with Crippen LogP contribution in [0.2, 0.25) is 0 Å². The molecule has 0 radical (unpaired) electrons. The fourth-order valence-corrected chi connectivity index (χ4v) is 3.71. The number of anilines is 2. The summed E-state index contributed by atoms with van der Waals surface area (Å²) < 4.78 is 2.20. The van der Waals surface area contributed by atoms with Gasteiger partial charge in [-0.3, -0.25) is 9.69 Å². The number of carbonyl (C=O) groups excluding carboxylic acids is 1. The van der Waals surface area contributed by atoms with Crippen molar-refractivity contribution in [2.75, 3.05) is 10.6 Å². The highest BCUT2D eigenvalue weighted by Crippen LogP contribution is 2.34. The normalized spacial score (nSPS) is 13.4. The van der Waals surface area contributed by atoms with E-state index in [4.69, 9.17) is 5.73 Å². The van der Waals surface area contributed by atoms with E-state index in [1.165, 1.54) is 5.56 Å². The predicted octanol–water partition coefficient (Wildman–Crippen LogP) is 3.34. The Labute approximate surface area is 132 Å². The molecule has 1 aliphatic heterocycles. The lowest BCUT2D eigenvalue weighted by atomic mass is 10.1. The van der Waals surface area contributed by atoms with E-state index in [0.717, 1.165) is 17.2 Å². The summed E-state index contributed by atoms with van der Waals surface area (Å²) in [4.78, 5) is 14.8. The highest BCUT2D eigenvalue weighted by Gasteiger charge is 2.25. The second kappa shape index (κ2) is 5.03. The Hall–Kier alpha value is -2.53. The number of amides is 1. The minimum absolute atomic E-state index is 0.0124. The molecule has 0 aliphatic carbocycles. The molecule has 4 rings (SSSR count). The van der Waals surface area contributed by atoms with Crippen LogP contribution in [0.25, 0.3) is 0 Å². The van der Waals surface area contributed by atoms with Crippen LogP contribution in [-0.4, -0.2) is 10.5 Å². The van der Waals surface area contributed by atoms with Crippen molar-refractivity contribution in [1.29, 1.82) is 0 Å². The van der Waals surface area contributed by atoms with Crippen LogP contribution >= 0.6 is 11.3 Å². The van der Waals surface area contributed by atoms with Crippen LogP contribution in [0.5, 0.6) is 0 Å². The third-order valence-corrected chi connectivity index (χ3v) is 4.93. The first-order valence-corrected chi connectivity index (χ1v) is 7.98. The maximum Gasteiger partial charge on any atom is 0.259 e. The first-order chi connectivity index (χ1) is 10.7. The fourth-order valence-electron chi connectivity index (χ4n) is 2.80. The van der Waals surface area contributed by atoms with Crippen molar-refractivity contribution in [2.24, 2.45) is 0 Å². The van der Waals surface area contributed by atoms with Crippen LogP contribution in [-0.2, 0) is 13.1 Å². The Morgan fingerprint density at radius 1 is 1.09 bits per heavy atom. The number of carbonyl (C=O) groups is 1. The van der Waals surface area contributed by atoms with Gasteiger partial charge < -0.3 is 10.3 Å². The molecule has 0 atom stereocenters. The zero-order chi connectivity index (χ0) is 15.1. The van der Waals surface area contributed by atoms with Gasteiger partial charge in [-0.15, -0.1) is 11.3 Å². The molecule has 1 amide bonds. The lowest BCUT2D eigenvalue weighted by Gasteiger charge is -2.20. The van der Waals surface area contributed by atoms with Gasteiger partial charge in [0.2, 0.25) is 0 Å². The molecule has 5 heteroatoms. The summed E-state index contributed by atoms with van der Waals surface area (Å²) in [6.07, 6.45) is 2.06. The molecule has 0 saturated heterocycles. The zero-order valence-electron chi connectivity index (χ0n) is 11.9. The van der Waals surface area contributed by atoms with Gasteiger partial charge in [0.1, 0.15) is 5.00 Å². The summed E-state index contributed by atoms with van der Waals surface area (Å²) >= 11 is 1.61. The highest BCUT2D eigenvalue weighted by atomic mass is 32.1. The first kappa shape index (κ1) is 13.2. The van der Waals surface area contributed by atoms with Gasteiger partial charge in [-0.05, 0) is 47.8 Å². The molecular formula is C17H15N3OS. The highest BCUT2D eigenvalue weighted by molar-refractivity contribution is 7.14. The lowest BCUT2D eigenvalue weighted by Crippen LogP contribution is -2.29. The standard InChI is InChI=1S/C17H15N3OS/c18-14-5-3-12(4-6-14)16(21)20-11-15-2-1-8-19(15)10-13-7-9-22-17(13)20/h1-9H,10-11,18H2. The van der Waals surface area contributed by atoms with Gasteiger partial charge in [-0.25, -0.2) is 0 Å². The Kier molecular flexibility index (Phi) is 3.01. The molecule has 3 aromatic rings. The van der Waals surface area contributed by atoms with Gasteiger partial charge >= 0.3 is 0 Å². The number of nitrogens with two attached hydrogens (primary N) is 1. The smallest absolute Gasteiger partial charge is 0.259 e. The first-order valence-electron chi connectivity index (χ1n) is 7.10. The maximum absolute atomic E-state index is 12.9. The molecule has 4 nitrogen and oxygen atoms in total. The zero-order valence-corrected chi connectivity index (χ0v) is 12.7. The number of hydrogen-bond donors (Lipinski definition) is 1. The number of nitrogen functional groups attached to an aromatic ring is 1. The lowest BCUT2D eigenvalue weighted by molar-refractivity contribution is 0.0985. The molecule has 110 valence electrons. The molecule has 0 bridgehead atoms. The molecule has 0 unspecified atom stereocenters. The summed E-state index contributed by atoms with van der Waals surface area (Å²) in [5.74, 6) is 0.0124. The van der Waals surface area contributed by atoms with Crippen molar-refractivity contribution < 1.29 is 4.79 Å². The second-order valence-electron chi connectivity index (χ2n) is 5.39. The third-order valence-electron chi connectivity index (χ3n) is 3.96. The van der Waals surface area contributed by atoms with Crippen molar-refractivity contribution in [3.8, 4) is 0 Å². The Balaban J connectivity index is 1.77. The molecule has 2 aromatic heterocycles. The monoisotopic (exact) mass is 309 g/mol. The third kappa shape index (κ3) is 2.10. The van der Waals surface area contributed by atoms with E-state index in [2.05, 4.69) is 22.9 Å². The van der Waals surface area contributed by atoms with E-state index < -0.39 is 0 Å². The number of nitrogens with zero attached hydrogens (tertiary/aromatic N) is 2. The largest absolute Gasteiger partial charge is 0.399 e. The minimum Gasteiger partial charge on any atom is -0.399 e. The number of benzene rings is 1. The van der Waals surface area contributed by atoms with Crippen LogP contribution < -0.4 is 10.6 Å². The van der Waals surface area contributed by atoms with Crippen molar-refractivity contribution in [3.05, 3.63) is 70.9 Å². The van der Waals surface area contributed by atoms with Crippen molar-refractivity contribution in [1.82, 2.24) is 4.57 Å². The van der Waals surface area contributed by atoms with Crippen LogP contribution in [0.3, 0.4) is 0 Å². The van der Waals surface area contributed by atoms with Crippen LogP contribution in [0, 0.1) is 0 Å². The SMILES string of the molecule is Nc1ccc(C(=O)N2Cc3cccn3Cc3ccsc32)cc1. The molecule has 22 heavy (non-hydrogen) atoms. The predicted molar refractivity (Wildman–Crippen MR) is 89.2 cm³/mol. The van der Waals surface area contributed by atoms with E-state index in [1.54, 1.807) is 35.6 Å². The molecule has 3 heterocycles. The Morgan fingerprint density at radius 2 is 1.91 bits per heavy atom. The average molecular weight is 309 g/mol. The Bertz CT molecular complexity index is 832. The summed E-state index contributed by atoms with van der Waals surface area (Å²) in [5, 5.41) is 3.08. The number of rotatable bonds is 1. The van der Waals surface area contributed by atoms with Gasteiger partial charge in [-0.1, -0.05) is 0 Å². The second-order valence-corrected chi connectivity index (χ2v) is 6.29. The number of aromatic nitrogens is 1. The van der Waals surface area contributed by atoms with Crippen molar-refractivity contribution in [2.45, 2.75) is 13.1 Å². The number of hydrogen-bond acceptors (Lipinski definition) is 3. The molecule has 2 N–H and O–H groups in total. The molecule has 1 aliphatic rings. The van der Waals surface area contributed by atoms with E-state index in [1.807, 2.05) is 16.3 Å². The average Bonchev–Trinajstić information content (AvgIpc) is 3.13. The van der Waals surface area contributed by atoms with E-state index in [9.17, 15) is 4.79 Å². The van der Waals surface area contributed by atoms with Gasteiger partial charge in [0, 0.05) is 28.7 Å².